The molecule has 0 saturated carbocycles. The quantitative estimate of drug-likeness (QED) is 0.789. The van der Waals surface area contributed by atoms with Gasteiger partial charge in [-0.15, -0.1) is 0 Å². The van der Waals surface area contributed by atoms with Crippen LogP contribution in [0, 0.1) is 0 Å². The molecule has 1 N–H and O–H groups in total. The number of nitrogens with one attached hydrogen (secondary N) is 1. The van der Waals surface area contributed by atoms with E-state index < -0.39 is 10.0 Å². The van der Waals surface area contributed by atoms with Crippen LogP contribution in [0.5, 0.6) is 0 Å². The Bertz CT molecular complexity index is 530. The number of rotatable bonds is 8. The Balaban J connectivity index is 2.84. The average Bonchev–Trinajstić information content (AvgIpc) is 2.45. The molecule has 1 aromatic heterocycles. The lowest BCUT2D eigenvalue weighted by Crippen LogP contribution is -2.37. The Labute approximate surface area is 132 Å². The first-order valence-electron chi connectivity index (χ1n) is 6.94. The molecular formula is C14H25N3O2S2. The van der Waals surface area contributed by atoms with E-state index in [1.54, 1.807) is 31.1 Å². The maximum Gasteiger partial charge on any atom is 0.260 e. The summed E-state index contributed by atoms with van der Waals surface area (Å²) in [4.78, 5) is 4.12. The molecule has 0 aliphatic carbocycles. The topological polar surface area (TPSA) is 62.3 Å². The van der Waals surface area contributed by atoms with Gasteiger partial charge in [0.15, 0.2) is 5.03 Å². The second-order valence-corrected chi connectivity index (χ2v) is 8.22. The first-order chi connectivity index (χ1) is 9.78. The van der Waals surface area contributed by atoms with Crippen molar-refractivity contribution >= 4 is 21.8 Å². The van der Waals surface area contributed by atoms with Crippen molar-refractivity contribution in [1.29, 1.82) is 0 Å². The van der Waals surface area contributed by atoms with Gasteiger partial charge < -0.3 is 5.32 Å². The van der Waals surface area contributed by atoms with Crippen molar-refractivity contribution in [2.45, 2.75) is 44.4 Å². The minimum Gasteiger partial charge on any atom is -0.310 e. The average molecular weight is 332 g/mol. The van der Waals surface area contributed by atoms with Crippen molar-refractivity contribution in [2.75, 3.05) is 19.1 Å². The van der Waals surface area contributed by atoms with E-state index in [1.807, 2.05) is 19.2 Å². The van der Waals surface area contributed by atoms with Crippen LogP contribution in [0.15, 0.2) is 23.4 Å². The first kappa shape index (κ1) is 18.4. The van der Waals surface area contributed by atoms with Gasteiger partial charge in [0.1, 0.15) is 0 Å². The summed E-state index contributed by atoms with van der Waals surface area (Å²) in [6, 6.07) is 3.71. The van der Waals surface area contributed by atoms with E-state index >= 15 is 0 Å². The van der Waals surface area contributed by atoms with Crippen LogP contribution in [-0.4, -0.2) is 48.8 Å². The maximum atomic E-state index is 12.5. The molecule has 1 atom stereocenters. The molecule has 0 amide bonds. The summed E-state index contributed by atoms with van der Waals surface area (Å²) in [5.41, 5.74) is 0.975. The van der Waals surface area contributed by atoms with Crippen molar-refractivity contribution in [3.63, 3.8) is 0 Å². The fourth-order valence-corrected chi connectivity index (χ4v) is 3.79. The predicted molar refractivity (Wildman–Crippen MR) is 89.0 cm³/mol. The van der Waals surface area contributed by atoms with Crippen LogP contribution in [0.4, 0.5) is 0 Å². The zero-order valence-corrected chi connectivity index (χ0v) is 15.0. The van der Waals surface area contributed by atoms with Crippen LogP contribution in [0.1, 0.15) is 26.3 Å². The van der Waals surface area contributed by atoms with Crippen LogP contribution in [-0.2, 0) is 16.6 Å². The Morgan fingerprint density at radius 3 is 2.48 bits per heavy atom. The number of aromatic nitrogens is 1. The molecule has 0 saturated heterocycles. The number of pyridine rings is 1. The van der Waals surface area contributed by atoms with Gasteiger partial charge in [0.05, 0.1) is 0 Å². The summed E-state index contributed by atoms with van der Waals surface area (Å²) in [5, 5.41) is 3.38. The molecule has 0 fully saturated rings. The van der Waals surface area contributed by atoms with Crippen molar-refractivity contribution in [2.24, 2.45) is 0 Å². The lowest BCUT2D eigenvalue weighted by Gasteiger charge is -2.23. The molecule has 120 valence electrons. The Hall–Kier alpha value is -0.630. The second kappa shape index (κ2) is 8.12. The fourth-order valence-electron chi connectivity index (χ4n) is 1.72. The molecule has 1 unspecified atom stereocenters. The van der Waals surface area contributed by atoms with Crippen molar-refractivity contribution in [1.82, 2.24) is 14.6 Å². The minimum absolute atomic E-state index is 0.0610. The molecular weight excluding hydrogens is 306 g/mol. The minimum atomic E-state index is -3.52. The standard InChI is InChI=1S/C14H25N3O2S2/c1-11(2)15-8-13-6-7-14(16-9-13)21(18,19)17(4)12(3)10-20-5/h6-7,9,11-12,15H,8,10H2,1-5H3. The van der Waals surface area contributed by atoms with Crippen molar-refractivity contribution in [3.05, 3.63) is 23.9 Å². The summed E-state index contributed by atoms with van der Waals surface area (Å²) in [7, 11) is -1.92. The van der Waals surface area contributed by atoms with E-state index in [0.717, 1.165) is 11.3 Å². The lowest BCUT2D eigenvalue weighted by molar-refractivity contribution is 0.413. The van der Waals surface area contributed by atoms with E-state index in [1.165, 1.54) is 4.31 Å². The number of hydrogen-bond donors (Lipinski definition) is 1. The van der Waals surface area contributed by atoms with E-state index in [-0.39, 0.29) is 11.1 Å². The van der Waals surface area contributed by atoms with Crippen LogP contribution < -0.4 is 5.32 Å². The zero-order valence-electron chi connectivity index (χ0n) is 13.3. The molecule has 21 heavy (non-hydrogen) atoms. The molecule has 1 aromatic rings. The fraction of sp³-hybridized carbons (Fsp3) is 0.643. The summed E-state index contributed by atoms with van der Waals surface area (Å²) in [5.74, 6) is 0.756. The van der Waals surface area contributed by atoms with Gasteiger partial charge >= 0.3 is 0 Å². The highest BCUT2D eigenvalue weighted by molar-refractivity contribution is 7.98. The molecule has 0 aliphatic heterocycles. The largest absolute Gasteiger partial charge is 0.310 e. The molecule has 0 aromatic carbocycles. The second-order valence-electron chi connectivity index (χ2n) is 5.37. The monoisotopic (exact) mass is 331 g/mol. The molecule has 1 heterocycles. The Kier molecular flexibility index (Phi) is 7.12. The zero-order chi connectivity index (χ0) is 16.0. The summed E-state index contributed by atoms with van der Waals surface area (Å²) < 4.78 is 26.3. The van der Waals surface area contributed by atoms with Crippen molar-refractivity contribution < 1.29 is 8.42 Å². The van der Waals surface area contributed by atoms with Gasteiger partial charge in [-0.05, 0) is 24.8 Å². The molecule has 1 rings (SSSR count). The van der Waals surface area contributed by atoms with Gasteiger partial charge in [0.2, 0.25) is 0 Å². The van der Waals surface area contributed by atoms with Crippen LogP contribution >= 0.6 is 11.8 Å². The van der Waals surface area contributed by atoms with E-state index in [9.17, 15) is 8.42 Å². The van der Waals surface area contributed by atoms with E-state index in [2.05, 4.69) is 24.1 Å². The SMILES string of the molecule is CSCC(C)N(C)S(=O)(=O)c1ccc(CNC(C)C)cn1. The van der Waals surface area contributed by atoms with Gasteiger partial charge in [-0.25, -0.2) is 13.4 Å². The van der Waals surface area contributed by atoms with Crippen LogP contribution in [0.2, 0.25) is 0 Å². The van der Waals surface area contributed by atoms with Gasteiger partial charge in [-0.2, -0.15) is 16.1 Å². The van der Waals surface area contributed by atoms with Crippen LogP contribution in [0.3, 0.4) is 0 Å². The summed E-state index contributed by atoms with van der Waals surface area (Å²) in [6.07, 6.45) is 3.58. The highest BCUT2D eigenvalue weighted by Crippen LogP contribution is 2.16. The maximum absolute atomic E-state index is 12.5. The number of sulfonamides is 1. The Morgan fingerprint density at radius 2 is 2.00 bits per heavy atom. The third-order valence-corrected chi connectivity index (χ3v) is 5.89. The molecule has 5 nitrogen and oxygen atoms in total. The molecule has 0 bridgehead atoms. The summed E-state index contributed by atoms with van der Waals surface area (Å²) in [6.45, 7) is 6.71. The lowest BCUT2D eigenvalue weighted by atomic mass is 10.2. The predicted octanol–water partition coefficient (Wildman–Crippen LogP) is 1.95. The van der Waals surface area contributed by atoms with Gasteiger partial charge in [-0.3, -0.25) is 0 Å². The first-order valence-corrected chi connectivity index (χ1v) is 9.77. The van der Waals surface area contributed by atoms with Crippen LogP contribution in [0.25, 0.3) is 0 Å². The third kappa shape index (κ3) is 5.25. The smallest absolute Gasteiger partial charge is 0.260 e. The number of hydrogen-bond acceptors (Lipinski definition) is 5. The normalized spacial score (nSPS) is 13.9. The highest BCUT2D eigenvalue weighted by Gasteiger charge is 2.26. The number of thioether (sulfide) groups is 1. The molecule has 0 aliphatic rings. The molecule has 0 spiro atoms. The van der Waals surface area contributed by atoms with Crippen molar-refractivity contribution in [3.8, 4) is 0 Å². The van der Waals surface area contributed by atoms with Gasteiger partial charge in [0.25, 0.3) is 10.0 Å². The number of nitrogens with zero attached hydrogens (tertiary/aromatic N) is 2. The Morgan fingerprint density at radius 1 is 1.33 bits per heavy atom. The van der Waals surface area contributed by atoms with Gasteiger partial charge in [0, 0.05) is 37.6 Å². The van der Waals surface area contributed by atoms with Gasteiger partial charge in [-0.1, -0.05) is 19.9 Å². The van der Waals surface area contributed by atoms with E-state index in [4.69, 9.17) is 0 Å². The van der Waals surface area contributed by atoms with E-state index in [0.29, 0.717) is 12.6 Å². The molecule has 0 radical (unpaired) electrons. The summed E-state index contributed by atoms with van der Waals surface area (Å²) >= 11 is 1.63. The molecule has 7 heteroatoms. The third-order valence-electron chi connectivity index (χ3n) is 3.18. The highest BCUT2D eigenvalue weighted by atomic mass is 32.2.